The van der Waals surface area contributed by atoms with Crippen molar-refractivity contribution in [1.29, 1.82) is 0 Å². The molecule has 1 atom stereocenters. The van der Waals surface area contributed by atoms with Crippen LogP contribution in [0, 0.1) is 0 Å². The molecule has 4 heteroatoms. The molecule has 88 valence electrons. The summed E-state index contributed by atoms with van der Waals surface area (Å²) in [6, 6.07) is 7.62. The van der Waals surface area contributed by atoms with E-state index in [1.165, 1.54) is 18.4 Å². The topological polar surface area (TPSA) is 63.3 Å². The number of carboxylic acids is 1. The van der Waals surface area contributed by atoms with E-state index in [0.717, 1.165) is 5.56 Å². The van der Waals surface area contributed by atoms with Gasteiger partial charge in [-0.05, 0) is 29.9 Å². The lowest BCUT2D eigenvalue weighted by molar-refractivity contribution is -0.137. The van der Waals surface area contributed by atoms with Crippen molar-refractivity contribution in [1.82, 2.24) is 0 Å². The smallest absolute Gasteiger partial charge is 0.305 e. The summed E-state index contributed by atoms with van der Waals surface area (Å²) in [6.07, 6.45) is 2.49. The number of hydrogen-bond donors (Lipinski definition) is 2. The van der Waals surface area contributed by atoms with Crippen LogP contribution >= 0.6 is 12.4 Å². The van der Waals surface area contributed by atoms with E-state index in [9.17, 15) is 4.79 Å². The van der Waals surface area contributed by atoms with Gasteiger partial charge in [0, 0.05) is 6.04 Å². The Morgan fingerprint density at radius 1 is 1.50 bits per heavy atom. The molecule has 0 saturated heterocycles. The number of benzene rings is 1. The van der Waals surface area contributed by atoms with Crippen LogP contribution in [0.4, 0.5) is 0 Å². The van der Waals surface area contributed by atoms with Crippen molar-refractivity contribution in [3.8, 4) is 0 Å². The van der Waals surface area contributed by atoms with Gasteiger partial charge in [-0.1, -0.05) is 24.3 Å². The normalized spacial score (nSPS) is 16.3. The van der Waals surface area contributed by atoms with Crippen molar-refractivity contribution in [3.05, 3.63) is 35.4 Å². The second kappa shape index (κ2) is 5.32. The first-order chi connectivity index (χ1) is 7.16. The number of carbonyl (C=O) groups is 1. The van der Waals surface area contributed by atoms with Crippen LogP contribution in [0.15, 0.2) is 24.3 Å². The summed E-state index contributed by atoms with van der Waals surface area (Å²) in [5.41, 5.74) is 8.04. The zero-order valence-corrected chi connectivity index (χ0v) is 9.74. The van der Waals surface area contributed by atoms with E-state index in [1.54, 1.807) is 0 Å². The fourth-order valence-electron chi connectivity index (χ4n) is 1.77. The maximum Gasteiger partial charge on any atom is 0.305 e. The van der Waals surface area contributed by atoms with Crippen LogP contribution in [-0.4, -0.2) is 11.1 Å². The largest absolute Gasteiger partial charge is 0.481 e. The molecule has 2 rings (SSSR count). The predicted molar refractivity (Wildman–Crippen MR) is 64.8 cm³/mol. The van der Waals surface area contributed by atoms with Gasteiger partial charge in [-0.25, -0.2) is 0 Å². The maximum atomic E-state index is 10.5. The van der Waals surface area contributed by atoms with E-state index in [2.05, 4.69) is 6.07 Å². The Bertz CT molecular complexity index is 377. The lowest BCUT2D eigenvalue weighted by Gasteiger charge is -2.10. The highest BCUT2D eigenvalue weighted by molar-refractivity contribution is 5.85. The molecule has 3 nitrogen and oxygen atoms in total. The van der Waals surface area contributed by atoms with E-state index >= 15 is 0 Å². The SMILES string of the molecule is Cl.NC(CC(=O)O)c1cccc(C2CC2)c1. The van der Waals surface area contributed by atoms with E-state index in [-0.39, 0.29) is 24.9 Å². The third kappa shape index (κ3) is 3.22. The molecule has 0 heterocycles. The lowest BCUT2D eigenvalue weighted by Crippen LogP contribution is -2.15. The first-order valence-electron chi connectivity index (χ1n) is 5.24. The highest BCUT2D eigenvalue weighted by Gasteiger charge is 2.24. The average Bonchev–Trinajstić information content (AvgIpc) is 3.00. The minimum Gasteiger partial charge on any atom is -0.481 e. The van der Waals surface area contributed by atoms with Crippen molar-refractivity contribution >= 4 is 18.4 Å². The van der Waals surface area contributed by atoms with Crippen LogP contribution in [0.3, 0.4) is 0 Å². The van der Waals surface area contributed by atoms with Crippen LogP contribution < -0.4 is 5.73 Å². The van der Waals surface area contributed by atoms with Crippen LogP contribution in [0.2, 0.25) is 0 Å². The molecule has 16 heavy (non-hydrogen) atoms. The Labute approximate surface area is 101 Å². The molecular weight excluding hydrogens is 226 g/mol. The molecule has 0 radical (unpaired) electrons. The fraction of sp³-hybridized carbons (Fsp3) is 0.417. The van der Waals surface area contributed by atoms with Crippen LogP contribution in [0.5, 0.6) is 0 Å². The van der Waals surface area contributed by atoms with Gasteiger partial charge < -0.3 is 10.8 Å². The van der Waals surface area contributed by atoms with Crippen LogP contribution in [0.25, 0.3) is 0 Å². The third-order valence-corrected chi connectivity index (χ3v) is 2.78. The van der Waals surface area contributed by atoms with E-state index < -0.39 is 5.97 Å². The van der Waals surface area contributed by atoms with Gasteiger partial charge in [-0.15, -0.1) is 12.4 Å². The second-order valence-electron chi connectivity index (χ2n) is 4.15. The number of carboxylic acid groups (broad SMARTS) is 1. The van der Waals surface area contributed by atoms with Crippen LogP contribution in [0.1, 0.15) is 42.3 Å². The lowest BCUT2D eigenvalue weighted by atomic mass is 10.0. The molecule has 0 amide bonds. The Hall–Kier alpha value is -1.06. The summed E-state index contributed by atoms with van der Waals surface area (Å²) in [5.74, 6) is -0.165. The van der Waals surface area contributed by atoms with Gasteiger partial charge >= 0.3 is 5.97 Å². The molecule has 1 aromatic rings. The minimum absolute atomic E-state index is 0. The molecule has 1 saturated carbocycles. The quantitative estimate of drug-likeness (QED) is 0.851. The van der Waals surface area contributed by atoms with Crippen molar-refractivity contribution in [2.75, 3.05) is 0 Å². The zero-order valence-electron chi connectivity index (χ0n) is 8.93. The Morgan fingerprint density at radius 3 is 2.75 bits per heavy atom. The number of hydrogen-bond acceptors (Lipinski definition) is 2. The number of nitrogens with two attached hydrogens (primary N) is 1. The Balaban J connectivity index is 0.00000128. The van der Waals surface area contributed by atoms with E-state index in [1.807, 2.05) is 18.2 Å². The van der Waals surface area contributed by atoms with Gasteiger partial charge in [0.15, 0.2) is 0 Å². The highest BCUT2D eigenvalue weighted by atomic mass is 35.5. The van der Waals surface area contributed by atoms with Crippen LogP contribution in [-0.2, 0) is 4.79 Å². The van der Waals surface area contributed by atoms with E-state index in [4.69, 9.17) is 10.8 Å². The van der Waals surface area contributed by atoms with Crippen molar-refractivity contribution in [2.45, 2.75) is 31.2 Å². The standard InChI is InChI=1S/C12H15NO2.ClH/c13-11(7-12(14)15)10-3-1-2-9(6-10)8-4-5-8;/h1-3,6,8,11H,4-5,7,13H2,(H,14,15);1H. The zero-order chi connectivity index (χ0) is 10.8. The second-order valence-corrected chi connectivity index (χ2v) is 4.15. The molecule has 1 aliphatic rings. The van der Waals surface area contributed by atoms with E-state index in [0.29, 0.717) is 5.92 Å². The van der Waals surface area contributed by atoms with Gasteiger partial charge in [0.25, 0.3) is 0 Å². The molecule has 1 unspecified atom stereocenters. The van der Waals surface area contributed by atoms with Crippen molar-refractivity contribution in [3.63, 3.8) is 0 Å². The molecule has 0 aliphatic heterocycles. The molecule has 0 bridgehead atoms. The first-order valence-corrected chi connectivity index (χ1v) is 5.24. The number of aliphatic carboxylic acids is 1. The molecule has 0 aromatic heterocycles. The third-order valence-electron chi connectivity index (χ3n) is 2.78. The number of rotatable bonds is 4. The first kappa shape index (κ1) is 13.0. The summed E-state index contributed by atoms with van der Waals surface area (Å²) < 4.78 is 0. The molecule has 0 spiro atoms. The van der Waals surface area contributed by atoms with Gasteiger partial charge in [-0.2, -0.15) is 0 Å². The minimum atomic E-state index is -0.848. The summed E-state index contributed by atoms with van der Waals surface area (Å²) in [4.78, 5) is 10.5. The van der Waals surface area contributed by atoms with Crippen molar-refractivity contribution < 1.29 is 9.90 Å². The Morgan fingerprint density at radius 2 is 2.19 bits per heavy atom. The Kier molecular flexibility index (Phi) is 4.33. The van der Waals surface area contributed by atoms with Gasteiger partial charge in [0.1, 0.15) is 0 Å². The average molecular weight is 242 g/mol. The summed E-state index contributed by atoms with van der Waals surface area (Å²) >= 11 is 0. The fourth-order valence-corrected chi connectivity index (χ4v) is 1.77. The maximum absolute atomic E-state index is 10.5. The number of halogens is 1. The molecule has 3 N–H and O–H groups in total. The summed E-state index contributed by atoms with van der Waals surface area (Å²) in [5, 5.41) is 8.66. The molecular formula is C12H16ClNO2. The predicted octanol–water partition coefficient (Wildman–Crippen LogP) is 2.46. The molecule has 1 aliphatic carbocycles. The van der Waals surface area contributed by atoms with Gasteiger partial charge in [0.05, 0.1) is 6.42 Å². The molecule has 1 aromatic carbocycles. The highest BCUT2D eigenvalue weighted by Crippen LogP contribution is 2.40. The van der Waals surface area contributed by atoms with Gasteiger partial charge in [-0.3, -0.25) is 4.79 Å². The monoisotopic (exact) mass is 241 g/mol. The molecule has 1 fully saturated rings. The summed E-state index contributed by atoms with van der Waals surface area (Å²) in [7, 11) is 0. The van der Waals surface area contributed by atoms with Crippen molar-refractivity contribution in [2.24, 2.45) is 5.73 Å². The van der Waals surface area contributed by atoms with Gasteiger partial charge in [0.2, 0.25) is 0 Å². The summed E-state index contributed by atoms with van der Waals surface area (Å²) in [6.45, 7) is 0.